The molecule has 0 spiro atoms. The number of carbonyl (C=O) groups excluding carboxylic acids is 1. The molecule has 0 bridgehead atoms. The van der Waals surface area contributed by atoms with E-state index >= 15 is 0 Å². The largest absolute Gasteiger partial charge is 0.399 e. The van der Waals surface area contributed by atoms with Crippen molar-refractivity contribution >= 4 is 33.1 Å². The van der Waals surface area contributed by atoms with Crippen LogP contribution >= 0.6 is 15.9 Å². The fourth-order valence-electron chi connectivity index (χ4n) is 1.16. The number of halogens is 1. The van der Waals surface area contributed by atoms with Gasteiger partial charge in [0.05, 0.1) is 10.5 Å². The quantitative estimate of drug-likeness (QED) is 0.299. The summed E-state index contributed by atoms with van der Waals surface area (Å²) in [5.41, 5.74) is 5.56. The number of alkyl halides is 1. The number of nitrogens with zero attached hydrogens (tertiary/aromatic N) is 1. The van der Waals surface area contributed by atoms with Crippen molar-refractivity contribution in [2.75, 3.05) is 11.1 Å². The maximum Gasteiger partial charge on any atom is 0.282 e. The van der Waals surface area contributed by atoms with Gasteiger partial charge in [0.2, 0.25) is 0 Å². The molecule has 0 heterocycles. The van der Waals surface area contributed by atoms with Gasteiger partial charge in [0.1, 0.15) is 0 Å². The number of rotatable bonds is 4. The van der Waals surface area contributed by atoms with Crippen LogP contribution in [0, 0.1) is 10.1 Å². The lowest BCUT2D eigenvalue weighted by Gasteiger charge is -2.01. The number of hydrogen-bond donors (Lipinski definition) is 1. The summed E-state index contributed by atoms with van der Waals surface area (Å²) in [5, 5.41) is 11.1. The first-order chi connectivity index (χ1) is 7.06. The molecule has 1 aromatic carbocycles. The van der Waals surface area contributed by atoms with Crippen LogP contribution in [0.15, 0.2) is 18.2 Å². The van der Waals surface area contributed by atoms with E-state index in [2.05, 4.69) is 15.9 Å². The molecule has 0 aliphatic rings. The van der Waals surface area contributed by atoms with Gasteiger partial charge in [0, 0.05) is 23.5 Å². The molecule has 80 valence electrons. The smallest absolute Gasteiger partial charge is 0.282 e. The van der Waals surface area contributed by atoms with Crippen LogP contribution in [-0.2, 0) is 0 Å². The average molecular weight is 273 g/mol. The van der Waals surface area contributed by atoms with E-state index in [-0.39, 0.29) is 29.1 Å². The van der Waals surface area contributed by atoms with Crippen molar-refractivity contribution in [1.29, 1.82) is 0 Å². The second kappa shape index (κ2) is 4.88. The molecule has 2 N–H and O–H groups in total. The molecule has 0 atom stereocenters. The van der Waals surface area contributed by atoms with E-state index in [1.54, 1.807) is 0 Å². The van der Waals surface area contributed by atoms with Crippen molar-refractivity contribution in [2.45, 2.75) is 6.42 Å². The van der Waals surface area contributed by atoms with Gasteiger partial charge >= 0.3 is 0 Å². The molecule has 0 unspecified atom stereocenters. The Bertz CT molecular complexity index is 406. The van der Waals surface area contributed by atoms with E-state index in [4.69, 9.17) is 5.73 Å². The highest BCUT2D eigenvalue weighted by molar-refractivity contribution is 9.09. The van der Waals surface area contributed by atoms with Crippen LogP contribution in [0.5, 0.6) is 0 Å². The average Bonchev–Trinajstić information content (AvgIpc) is 2.17. The number of carbonyl (C=O) groups is 1. The molecule has 0 saturated heterocycles. The molecule has 6 heteroatoms. The van der Waals surface area contributed by atoms with Crippen molar-refractivity contribution < 1.29 is 9.72 Å². The maximum atomic E-state index is 11.5. The van der Waals surface area contributed by atoms with Crippen LogP contribution in [0.4, 0.5) is 11.4 Å². The van der Waals surface area contributed by atoms with Gasteiger partial charge in [0.15, 0.2) is 5.78 Å². The van der Waals surface area contributed by atoms with Crippen LogP contribution in [0.25, 0.3) is 0 Å². The Hall–Kier alpha value is -1.43. The summed E-state index contributed by atoms with van der Waals surface area (Å²) in [4.78, 5) is 21.6. The zero-order chi connectivity index (χ0) is 11.4. The van der Waals surface area contributed by atoms with Gasteiger partial charge in [-0.05, 0) is 12.1 Å². The molecule has 0 aliphatic carbocycles. The number of Topliss-reactive ketones (excluding diaryl/α,β-unsaturated/α-hetero) is 1. The summed E-state index contributed by atoms with van der Waals surface area (Å²) in [5.74, 6) is -0.265. The van der Waals surface area contributed by atoms with E-state index in [9.17, 15) is 14.9 Å². The second-order valence-corrected chi connectivity index (χ2v) is 3.69. The van der Waals surface area contributed by atoms with Crippen LogP contribution < -0.4 is 5.73 Å². The molecule has 1 aromatic rings. The van der Waals surface area contributed by atoms with Crippen molar-refractivity contribution in [3.8, 4) is 0 Å². The Morgan fingerprint density at radius 3 is 2.73 bits per heavy atom. The van der Waals surface area contributed by atoms with Gasteiger partial charge in [0.25, 0.3) is 5.69 Å². The molecule has 15 heavy (non-hydrogen) atoms. The first kappa shape index (κ1) is 11.6. The van der Waals surface area contributed by atoms with Gasteiger partial charge in [-0.15, -0.1) is 0 Å². The van der Waals surface area contributed by atoms with E-state index in [0.717, 1.165) is 0 Å². The van der Waals surface area contributed by atoms with Gasteiger partial charge in [-0.25, -0.2) is 0 Å². The molecule has 0 saturated carbocycles. The minimum Gasteiger partial charge on any atom is -0.399 e. The van der Waals surface area contributed by atoms with Crippen LogP contribution in [0.2, 0.25) is 0 Å². The summed E-state index contributed by atoms with van der Waals surface area (Å²) < 4.78 is 0. The molecule has 5 nitrogen and oxygen atoms in total. The minimum absolute atomic E-state index is 0.105. The highest BCUT2D eigenvalue weighted by Crippen LogP contribution is 2.23. The number of ketones is 1. The second-order valence-electron chi connectivity index (χ2n) is 2.90. The third-order valence-corrected chi connectivity index (χ3v) is 2.24. The summed E-state index contributed by atoms with van der Waals surface area (Å²) in [6.07, 6.45) is 0.227. The van der Waals surface area contributed by atoms with Crippen LogP contribution in [-0.4, -0.2) is 16.0 Å². The number of hydrogen-bond acceptors (Lipinski definition) is 4. The van der Waals surface area contributed by atoms with Crippen molar-refractivity contribution in [1.82, 2.24) is 0 Å². The minimum atomic E-state index is -0.599. The monoisotopic (exact) mass is 272 g/mol. The summed E-state index contributed by atoms with van der Waals surface area (Å²) in [7, 11) is 0. The Balaban J connectivity index is 3.17. The highest BCUT2D eigenvalue weighted by atomic mass is 79.9. The fraction of sp³-hybridized carbons (Fsp3) is 0.222. The number of benzene rings is 1. The zero-order valence-electron chi connectivity index (χ0n) is 7.77. The molecule has 0 amide bonds. The molecule has 0 aliphatic heterocycles. The van der Waals surface area contributed by atoms with Gasteiger partial charge < -0.3 is 5.73 Å². The predicted octanol–water partition coefficient (Wildman–Crippen LogP) is 2.14. The van der Waals surface area contributed by atoms with E-state index in [1.165, 1.54) is 18.2 Å². The summed E-state index contributed by atoms with van der Waals surface area (Å²) >= 11 is 3.11. The van der Waals surface area contributed by atoms with Gasteiger partial charge in [-0.3, -0.25) is 14.9 Å². The fourth-order valence-corrected chi connectivity index (χ4v) is 1.52. The van der Waals surface area contributed by atoms with Gasteiger partial charge in [-0.1, -0.05) is 15.9 Å². The number of anilines is 1. The number of nitro benzene ring substituents is 1. The van der Waals surface area contributed by atoms with Crippen LogP contribution in [0.1, 0.15) is 16.8 Å². The van der Waals surface area contributed by atoms with Crippen LogP contribution in [0.3, 0.4) is 0 Å². The third-order valence-electron chi connectivity index (χ3n) is 1.84. The summed E-state index contributed by atoms with van der Waals surface area (Å²) in [6.45, 7) is 0. The van der Waals surface area contributed by atoms with Crippen molar-refractivity contribution in [3.63, 3.8) is 0 Å². The molecule has 1 rings (SSSR count). The molecule has 0 radical (unpaired) electrons. The van der Waals surface area contributed by atoms with E-state index in [1.807, 2.05) is 0 Å². The third kappa shape index (κ3) is 2.76. The first-order valence-electron chi connectivity index (χ1n) is 4.19. The topological polar surface area (TPSA) is 86.2 Å². The van der Waals surface area contributed by atoms with Crippen molar-refractivity contribution in [2.24, 2.45) is 0 Å². The van der Waals surface area contributed by atoms with Gasteiger partial charge in [-0.2, -0.15) is 0 Å². The molecular formula is C9H9BrN2O3. The lowest BCUT2D eigenvalue weighted by Crippen LogP contribution is -2.05. The van der Waals surface area contributed by atoms with E-state index in [0.29, 0.717) is 5.33 Å². The predicted molar refractivity (Wildman–Crippen MR) is 60.3 cm³/mol. The highest BCUT2D eigenvalue weighted by Gasteiger charge is 2.19. The SMILES string of the molecule is Nc1ccc(C(=O)CCBr)c([N+](=O)[O-])c1. The summed E-state index contributed by atoms with van der Waals surface area (Å²) in [6, 6.07) is 4.06. The number of nitrogens with two attached hydrogens (primary N) is 1. The Morgan fingerprint density at radius 2 is 2.20 bits per heavy atom. The van der Waals surface area contributed by atoms with Crippen molar-refractivity contribution in [3.05, 3.63) is 33.9 Å². The molecular weight excluding hydrogens is 264 g/mol. The zero-order valence-corrected chi connectivity index (χ0v) is 9.36. The Labute approximate surface area is 94.5 Å². The standard InChI is InChI=1S/C9H9BrN2O3/c10-4-3-9(13)7-2-1-6(11)5-8(7)12(14)15/h1-2,5H,3-4,11H2. The number of nitro groups is 1. The first-order valence-corrected chi connectivity index (χ1v) is 5.31. The van der Waals surface area contributed by atoms with E-state index < -0.39 is 4.92 Å². The molecule has 0 fully saturated rings. The molecule has 0 aromatic heterocycles. The lowest BCUT2D eigenvalue weighted by atomic mass is 10.1. The lowest BCUT2D eigenvalue weighted by molar-refractivity contribution is -0.385. The Kier molecular flexibility index (Phi) is 3.79. The Morgan fingerprint density at radius 1 is 1.53 bits per heavy atom. The maximum absolute atomic E-state index is 11.5. The normalized spacial score (nSPS) is 9.93. The number of nitrogen functional groups attached to an aromatic ring is 1.